The summed E-state index contributed by atoms with van der Waals surface area (Å²) in [6, 6.07) is 6.68. The minimum absolute atomic E-state index is 0.240. The van der Waals surface area contributed by atoms with Crippen LogP contribution < -0.4 is 4.72 Å². The maximum atomic E-state index is 11.9. The molecule has 0 atom stereocenters. The number of hydrogen-bond acceptors (Lipinski definition) is 3. The molecule has 0 unspecified atom stereocenters. The van der Waals surface area contributed by atoms with Crippen LogP contribution in [0.1, 0.15) is 6.42 Å². The number of hydrogen-bond donors (Lipinski definition) is 1. The van der Waals surface area contributed by atoms with Crippen LogP contribution in [0.3, 0.4) is 0 Å². The van der Waals surface area contributed by atoms with E-state index in [-0.39, 0.29) is 4.90 Å². The summed E-state index contributed by atoms with van der Waals surface area (Å²) in [5, 5.41) is 0. The van der Waals surface area contributed by atoms with Crippen LogP contribution in [0.2, 0.25) is 0 Å². The normalized spacial score (nSPS) is 11.1. The molecule has 0 saturated carbocycles. The number of ether oxygens (including phenoxy) is 1. The average molecular weight is 320 g/mol. The van der Waals surface area contributed by atoms with E-state index in [2.05, 4.69) is 27.2 Å². The second-order valence-corrected chi connectivity index (χ2v) is 5.81. The first-order valence-electron chi connectivity index (χ1n) is 5.04. The predicted octanol–water partition coefficient (Wildman–Crippen LogP) is 2.28. The lowest BCUT2D eigenvalue weighted by Crippen LogP contribution is -2.25. The van der Waals surface area contributed by atoms with E-state index in [1.807, 2.05) is 0 Å². The molecule has 0 aromatic heterocycles. The number of nitrogens with one attached hydrogen (secondary N) is 1. The van der Waals surface area contributed by atoms with Crippen LogP contribution in [-0.4, -0.2) is 21.6 Å². The van der Waals surface area contributed by atoms with E-state index in [9.17, 15) is 8.42 Å². The van der Waals surface area contributed by atoms with Gasteiger partial charge < -0.3 is 4.74 Å². The molecule has 94 valence electrons. The van der Waals surface area contributed by atoms with Crippen molar-refractivity contribution in [1.29, 1.82) is 0 Å². The molecule has 17 heavy (non-hydrogen) atoms. The highest BCUT2D eigenvalue weighted by Gasteiger charge is 2.15. The topological polar surface area (TPSA) is 55.4 Å². The molecule has 1 aromatic rings. The van der Waals surface area contributed by atoms with Crippen LogP contribution in [0.4, 0.5) is 0 Å². The summed E-state index contributed by atoms with van der Waals surface area (Å²) in [6.07, 6.45) is 1.93. The van der Waals surface area contributed by atoms with Gasteiger partial charge in [0.05, 0.1) is 17.8 Å². The van der Waals surface area contributed by atoms with Crippen LogP contribution >= 0.6 is 15.9 Å². The first-order chi connectivity index (χ1) is 8.08. The Kier molecular flexibility index (Phi) is 5.67. The SMILES string of the molecule is C=COCCCNS(=O)(=O)c1ccccc1Br. The highest BCUT2D eigenvalue weighted by Crippen LogP contribution is 2.20. The molecule has 0 aliphatic heterocycles. The van der Waals surface area contributed by atoms with Crippen molar-refractivity contribution in [2.24, 2.45) is 0 Å². The third kappa shape index (κ3) is 4.49. The van der Waals surface area contributed by atoms with Gasteiger partial charge >= 0.3 is 0 Å². The van der Waals surface area contributed by atoms with Gasteiger partial charge in [-0.25, -0.2) is 13.1 Å². The van der Waals surface area contributed by atoms with Gasteiger partial charge in [0.2, 0.25) is 10.0 Å². The summed E-state index contributed by atoms with van der Waals surface area (Å²) < 4.78 is 31.7. The van der Waals surface area contributed by atoms with Crippen molar-refractivity contribution in [3.05, 3.63) is 41.6 Å². The molecule has 1 aromatic carbocycles. The van der Waals surface area contributed by atoms with Crippen molar-refractivity contribution in [3.63, 3.8) is 0 Å². The quantitative estimate of drug-likeness (QED) is 0.619. The standard InChI is InChI=1S/C11H14BrNO3S/c1-2-16-9-5-8-13-17(14,15)11-7-4-3-6-10(11)12/h2-4,6-7,13H,1,5,8-9H2. The van der Waals surface area contributed by atoms with Crippen molar-refractivity contribution in [3.8, 4) is 0 Å². The third-order valence-electron chi connectivity index (χ3n) is 1.98. The lowest BCUT2D eigenvalue weighted by Gasteiger charge is -2.08. The minimum atomic E-state index is -3.46. The van der Waals surface area contributed by atoms with Gasteiger partial charge in [-0.05, 0) is 34.5 Å². The van der Waals surface area contributed by atoms with Gasteiger partial charge in [-0.3, -0.25) is 0 Å². The summed E-state index contributed by atoms with van der Waals surface area (Å²) in [7, 11) is -3.46. The van der Waals surface area contributed by atoms with Crippen LogP contribution in [0.25, 0.3) is 0 Å². The zero-order chi connectivity index (χ0) is 12.7. The largest absolute Gasteiger partial charge is 0.502 e. The van der Waals surface area contributed by atoms with E-state index < -0.39 is 10.0 Å². The summed E-state index contributed by atoms with van der Waals surface area (Å²) in [6.45, 7) is 4.18. The molecule has 0 aliphatic rings. The van der Waals surface area contributed by atoms with Crippen molar-refractivity contribution >= 4 is 26.0 Å². The predicted molar refractivity (Wildman–Crippen MR) is 70.1 cm³/mol. The number of halogens is 1. The molecule has 0 heterocycles. The Hall–Kier alpha value is -0.850. The third-order valence-corrected chi connectivity index (χ3v) is 4.45. The van der Waals surface area contributed by atoms with Crippen LogP contribution in [0.15, 0.2) is 46.5 Å². The minimum Gasteiger partial charge on any atom is -0.502 e. The second kappa shape index (κ2) is 6.78. The van der Waals surface area contributed by atoms with Crippen LogP contribution in [-0.2, 0) is 14.8 Å². The first kappa shape index (κ1) is 14.2. The smallest absolute Gasteiger partial charge is 0.241 e. The lowest BCUT2D eigenvalue weighted by atomic mass is 10.4. The molecule has 4 nitrogen and oxygen atoms in total. The number of rotatable bonds is 7. The molecule has 1 N–H and O–H groups in total. The van der Waals surface area contributed by atoms with Gasteiger partial charge in [-0.2, -0.15) is 0 Å². The molecule has 0 radical (unpaired) electrons. The summed E-state index contributed by atoms with van der Waals surface area (Å²) in [4.78, 5) is 0.240. The average Bonchev–Trinajstić information content (AvgIpc) is 2.29. The first-order valence-corrected chi connectivity index (χ1v) is 7.32. The molecular weight excluding hydrogens is 306 g/mol. The van der Waals surface area contributed by atoms with Crippen molar-refractivity contribution in [2.75, 3.05) is 13.2 Å². The van der Waals surface area contributed by atoms with E-state index in [1.54, 1.807) is 24.3 Å². The van der Waals surface area contributed by atoms with Gasteiger partial charge in [0.15, 0.2) is 0 Å². The molecule has 0 amide bonds. The molecule has 0 aliphatic carbocycles. The molecule has 1 rings (SSSR count). The maximum Gasteiger partial charge on any atom is 0.241 e. The van der Waals surface area contributed by atoms with E-state index in [4.69, 9.17) is 4.74 Å². The number of benzene rings is 1. The Morgan fingerprint density at radius 2 is 2.12 bits per heavy atom. The summed E-state index contributed by atoms with van der Waals surface area (Å²) in [5.41, 5.74) is 0. The highest BCUT2D eigenvalue weighted by molar-refractivity contribution is 9.10. The van der Waals surface area contributed by atoms with Gasteiger partial charge in [0, 0.05) is 11.0 Å². The van der Waals surface area contributed by atoms with Gasteiger partial charge in [0.25, 0.3) is 0 Å². The highest BCUT2D eigenvalue weighted by atomic mass is 79.9. The molecule has 0 saturated heterocycles. The fourth-order valence-electron chi connectivity index (χ4n) is 1.19. The van der Waals surface area contributed by atoms with Gasteiger partial charge in [-0.1, -0.05) is 18.7 Å². The maximum absolute atomic E-state index is 11.9. The van der Waals surface area contributed by atoms with Crippen LogP contribution in [0, 0.1) is 0 Å². The Morgan fingerprint density at radius 3 is 2.76 bits per heavy atom. The monoisotopic (exact) mass is 319 g/mol. The zero-order valence-corrected chi connectivity index (χ0v) is 11.6. The summed E-state index contributed by atoms with van der Waals surface area (Å²) in [5.74, 6) is 0. The fourth-order valence-corrected chi connectivity index (χ4v) is 3.26. The van der Waals surface area contributed by atoms with E-state index >= 15 is 0 Å². The van der Waals surface area contributed by atoms with E-state index in [0.29, 0.717) is 24.0 Å². The molecular formula is C11H14BrNO3S. The second-order valence-electron chi connectivity index (χ2n) is 3.22. The fraction of sp³-hybridized carbons (Fsp3) is 0.273. The Labute approximate surface area is 110 Å². The molecule has 0 spiro atoms. The Morgan fingerprint density at radius 1 is 1.41 bits per heavy atom. The van der Waals surface area contributed by atoms with Gasteiger partial charge in [0.1, 0.15) is 0 Å². The van der Waals surface area contributed by atoms with Crippen molar-refractivity contribution < 1.29 is 13.2 Å². The van der Waals surface area contributed by atoms with Gasteiger partial charge in [-0.15, -0.1) is 0 Å². The number of sulfonamides is 1. The zero-order valence-electron chi connectivity index (χ0n) is 9.23. The molecule has 6 heteroatoms. The Balaban J connectivity index is 2.58. The van der Waals surface area contributed by atoms with Crippen molar-refractivity contribution in [2.45, 2.75) is 11.3 Å². The Bertz CT molecular complexity index is 473. The summed E-state index contributed by atoms with van der Waals surface area (Å²) >= 11 is 3.21. The molecule has 0 bridgehead atoms. The van der Waals surface area contributed by atoms with E-state index in [0.717, 1.165) is 0 Å². The lowest BCUT2D eigenvalue weighted by molar-refractivity contribution is 0.247. The van der Waals surface area contributed by atoms with Crippen LogP contribution in [0.5, 0.6) is 0 Å². The van der Waals surface area contributed by atoms with Crippen molar-refractivity contribution in [1.82, 2.24) is 4.72 Å². The molecule has 0 fully saturated rings. The van der Waals surface area contributed by atoms with E-state index in [1.165, 1.54) is 6.26 Å².